The Morgan fingerprint density at radius 2 is 1.84 bits per heavy atom. The van der Waals surface area contributed by atoms with Gasteiger partial charge >= 0.3 is 0 Å². The summed E-state index contributed by atoms with van der Waals surface area (Å²) in [5.74, 6) is 0.268. The van der Waals surface area contributed by atoms with Gasteiger partial charge in [0.05, 0.1) is 23.8 Å². The lowest BCUT2D eigenvalue weighted by Crippen LogP contribution is -2.15. The van der Waals surface area contributed by atoms with Gasteiger partial charge in [-0.1, -0.05) is 6.07 Å². The summed E-state index contributed by atoms with van der Waals surface area (Å²) in [5, 5.41) is 7.16. The molecule has 3 rings (SSSR count). The zero-order valence-electron chi connectivity index (χ0n) is 14.7. The number of aryl methyl sites for hydroxylation is 2. The van der Waals surface area contributed by atoms with E-state index < -0.39 is 0 Å². The molecule has 3 aromatic rings. The number of hydrogen-bond donors (Lipinski definition) is 1. The van der Waals surface area contributed by atoms with Crippen molar-refractivity contribution in [3.63, 3.8) is 0 Å². The summed E-state index contributed by atoms with van der Waals surface area (Å²) in [7, 11) is 3.87. The van der Waals surface area contributed by atoms with E-state index in [0.717, 1.165) is 17.1 Å². The van der Waals surface area contributed by atoms with Crippen LogP contribution in [0.3, 0.4) is 0 Å². The largest absolute Gasteiger partial charge is 0.378 e. The lowest BCUT2D eigenvalue weighted by atomic mass is 10.2. The van der Waals surface area contributed by atoms with Crippen molar-refractivity contribution in [1.82, 2.24) is 19.7 Å². The van der Waals surface area contributed by atoms with E-state index >= 15 is 0 Å². The second kappa shape index (κ2) is 6.72. The Hall–Kier alpha value is -3.22. The van der Waals surface area contributed by atoms with Crippen molar-refractivity contribution in [2.45, 2.75) is 13.8 Å². The molecule has 0 fully saturated rings. The zero-order chi connectivity index (χ0) is 18.0. The minimum absolute atomic E-state index is 0.203. The summed E-state index contributed by atoms with van der Waals surface area (Å²) in [5.41, 5.74) is 3.93. The number of benzene rings is 1. The van der Waals surface area contributed by atoms with E-state index in [1.807, 2.05) is 57.1 Å². The number of rotatable bonds is 4. The fraction of sp³-hybridized carbons (Fsp3) is 0.222. The molecular formula is C18H20N6O. The van der Waals surface area contributed by atoms with E-state index in [2.05, 4.69) is 20.4 Å². The summed E-state index contributed by atoms with van der Waals surface area (Å²) in [6.45, 7) is 3.86. The minimum atomic E-state index is -0.203. The van der Waals surface area contributed by atoms with Crippen LogP contribution in [0, 0.1) is 13.8 Å². The van der Waals surface area contributed by atoms with E-state index in [1.54, 1.807) is 23.1 Å². The molecule has 0 saturated carbocycles. The number of nitrogens with one attached hydrogen (secondary N) is 1. The Labute approximate surface area is 146 Å². The molecule has 0 saturated heterocycles. The quantitative estimate of drug-likeness (QED) is 0.792. The predicted octanol–water partition coefficient (Wildman–Crippen LogP) is 2.60. The van der Waals surface area contributed by atoms with Crippen molar-refractivity contribution in [3.8, 4) is 5.95 Å². The van der Waals surface area contributed by atoms with Gasteiger partial charge in [0, 0.05) is 31.0 Å². The standard InChI is InChI=1S/C18H20N6O/c1-12-8-13(2)24(22-12)18-19-10-15(11-20-18)21-17(25)14-6-5-7-16(9-14)23(3)4/h5-11H,1-4H3,(H,21,25). The lowest BCUT2D eigenvalue weighted by Gasteiger charge is -2.13. The van der Waals surface area contributed by atoms with E-state index in [-0.39, 0.29) is 5.91 Å². The van der Waals surface area contributed by atoms with Crippen LogP contribution < -0.4 is 10.2 Å². The Morgan fingerprint density at radius 3 is 2.44 bits per heavy atom. The van der Waals surface area contributed by atoms with Crippen LogP contribution in [-0.4, -0.2) is 39.8 Å². The molecule has 25 heavy (non-hydrogen) atoms. The second-order valence-electron chi connectivity index (χ2n) is 6.01. The average Bonchev–Trinajstić information content (AvgIpc) is 2.94. The molecule has 2 aromatic heterocycles. The summed E-state index contributed by atoms with van der Waals surface area (Å²) in [6, 6.07) is 9.36. The number of nitrogens with zero attached hydrogens (tertiary/aromatic N) is 5. The van der Waals surface area contributed by atoms with Crippen molar-refractivity contribution in [2.75, 3.05) is 24.3 Å². The predicted molar refractivity (Wildman–Crippen MR) is 97.4 cm³/mol. The first kappa shape index (κ1) is 16.6. The zero-order valence-corrected chi connectivity index (χ0v) is 14.7. The van der Waals surface area contributed by atoms with Gasteiger partial charge in [0.15, 0.2) is 0 Å². The molecule has 0 aliphatic heterocycles. The van der Waals surface area contributed by atoms with Crippen molar-refractivity contribution < 1.29 is 4.79 Å². The number of anilines is 2. The van der Waals surface area contributed by atoms with Crippen molar-refractivity contribution in [2.24, 2.45) is 0 Å². The van der Waals surface area contributed by atoms with Gasteiger partial charge < -0.3 is 10.2 Å². The average molecular weight is 336 g/mol. The van der Waals surface area contributed by atoms with Crippen molar-refractivity contribution in [3.05, 3.63) is 59.7 Å². The third kappa shape index (κ3) is 3.65. The van der Waals surface area contributed by atoms with Gasteiger partial charge in [0.1, 0.15) is 0 Å². The smallest absolute Gasteiger partial charge is 0.255 e. The van der Waals surface area contributed by atoms with Gasteiger partial charge in [-0.25, -0.2) is 14.6 Å². The van der Waals surface area contributed by atoms with Crippen LogP contribution in [0.1, 0.15) is 21.7 Å². The molecular weight excluding hydrogens is 316 g/mol. The lowest BCUT2D eigenvalue weighted by molar-refractivity contribution is 0.102. The topological polar surface area (TPSA) is 75.9 Å². The summed E-state index contributed by atoms with van der Waals surface area (Å²) in [4.78, 5) is 22.9. The van der Waals surface area contributed by atoms with Crippen molar-refractivity contribution in [1.29, 1.82) is 0 Å². The normalized spacial score (nSPS) is 10.6. The first-order chi connectivity index (χ1) is 11.9. The fourth-order valence-corrected chi connectivity index (χ4v) is 2.46. The highest BCUT2D eigenvalue weighted by atomic mass is 16.1. The SMILES string of the molecule is Cc1cc(C)n(-c2ncc(NC(=O)c3cccc(N(C)C)c3)cn2)n1. The molecule has 0 bridgehead atoms. The highest BCUT2D eigenvalue weighted by Crippen LogP contribution is 2.15. The number of aromatic nitrogens is 4. The number of hydrogen-bond acceptors (Lipinski definition) is 5. The van der Waals surface area contributed by atoms with Crippen LogP contribution in [0.15, 0.2) is 42.7 Å². The number of amides is 1. The molecule has 1 aromatic carbocycles. The Bertz CT molecular complexity index is 898. The van der Waals surface area contributed by atoms with Crippen LogP contribution in [-0.2, 0) is 0 Å². The van der Waals surface area contributed by atoms with Crippen molar-refractivity contribution >= 4 is 17.3 Å². The summed E-state index contributed by atoms with van der Waals surface area (Å²) < 4.78 is 1.67. The third-order valence-corrected chi connectivity index (χ3v) is 3.72. The van der Waals surface area contributed by atoms with E-state index in [4.69, 9.17) is 0 Å². The number of carbonyl (C=O) groups is 1. The molecule has 0 aliphatic rings. The molecule has 1 N–H and O–H groups in total. The van der Waals surface area contributed by atoms with Crippen LogP contribution in [0.25, 0.3) is 5.95 Å². The van der Waals surface area contributed by atoms with E-state index in [1.165, 1.54) is 0 Å². The maximum atomic E-state index is 12.4. The maximum absolute atomic E-state index is 12.4. The van der Waals surface area contributed by atoms with Gasteiger partial charge in [-0.15, -0.1) is 0 Å². The highest BCUT2D eigenvalue weighted by Gasteiger charge is 2.10. The molecule has 0 unspecified atom stereocenters. The van der Waals surface area contributed by atoms with Gasteiger partial charge in [-0.05, 0) is 38.1 Å². The molecule has 0 aliphatic carbocycles. The molecule has 7 heteroatoms. The van der Waals surface area contributed by atoms with E-state index in [9.17, 15) is 4.79 Å². The summed E-state index contributed by atoms with van der Waals surface area (Å²) in [6.07, 6.45) is 3.15. The maximum Gasteiger partial charge on any atom is 0.255 e. The minimum Gasteiger partial charge on any atom is -0.378 e. The van der Waals surface area contributed by atoms with Gasteiger partial charge in [-0.2, -0.15) is 5.10 Å². The first-order valence-corrected chi connectivity index (χ1v) is 7.88. The molecule has 128 valence electrons. The van der Waals surface area contributed by atoms with Crippen LogP contribution in [0.4, 0.5) is 11.4 Å². The van der Waals surface area contributed by atoms with Gasteiger partial charge in [0.25, 0.3) is 11.9 Å². The monoisotopic (exact) mass is 336 g/mol. The Balaban J connectivity index is 1.76. The van der Waals surface area contributed by atoms with Crippen LogP contribution in [0.5, 0.6) is 0 Å². The molecule has 2 heterocycles. The second-order valence-corrected chi connectivity index (χ2v) is 6.01. The van der Waals surface area contributed by atoms with Crippen LogP contribution in [0.2, 0.25) is 0 Å². The summed E-state index contributed by atoms with van der Waals surface area (Å²) >= 11 is 0. The highest BCUT2D eigenvalue weighted by molar-refractivity contribution is 6.04. The van der Waals surface area contributed by atoms with Gasteiger partial charge in [0.2, 0.25) is 0 Å². The molecule has 7 nitrogen and oxygen atoms in total. The molecule has 0 radical (unpaired) electrons. The molecule has 0 atom stereocenters. The van der Waals surface area contributed by atoms with E-state index in [0.29, 0.717) is 17.2 Å². The Morgan fingerprint density at radius 1 is 1.12 bits per heavy atom. The fourth-order valence-electron chi connectivity index (χ4n) is 2.46. The first-order valence-electron chi connectivity index (χ1n) is 7.88. The number of carbonyl (C=O) groups excluding carboxylic acids is 1. The molecule has 0 spiro atoms. The van der Waals surface area contributed by atoms with Crippen LogP contribution >= 0.6 is 0 Å². The Kier molecular flexibility index (Phi) is 4.47. The van der Waals surface area contributed by atoms with Gasteiger partial charge in [-0.3, -0.25) is 4.79 Å². The third-order valence-electron chi connectivity index (χ3n) is 3.72. The molecule has 1 amide bonds.